The van der Waals surface area contributed by atoms with E-state index in [1.165, 1.54) is 12.1 Å². The van der Waals surface area contributed by atoms with Crippen molar-refractivity contribution in [1.29, 1.82) is 0 Å². The lowest BCUT2D eigenvalue weighted by molar-refractivity contribution is 0.0953. The van der Waals surface area contributed by atoms with Crippen molar-refractivity contribution in [1.82, 2.24) is 15.2 Å². The first-order valence-corrected chi connectivity index (χ1v) is 7.48. The Morgan fingerprint density at radius 1 is 1.18 bits per heavy atom. The summed E-state index contributed by atoms with van der Waals surface area (Å²) in [6.07, 6.45) is 0. The number of aryl methyl sites for hydroxylation is 1. The van der Waals surface area contributed by atoms with E-state index in [9.17, 15) is 9.18 Å². The second-order valence-corrected chi connectivity index (χ2v) is 5.21. The van der Waals surface area contributed by atoms with Gasteiger partial charge >= 0.3 is 0 Å². The van der Waals surface area contributed by atoms with Gasteiger partial charge in [-0.1, -0.05) is 6.92 Å². The van der Waals surface area contributed by atoms with E-state index in [-0.39, 0.29) is 11.7 Å². The SMILES string of the molecule is CCNCCNC(=O)c1cc(C)n(-c2ccc(F)cc2)c1C. The van der Waals surface area contributed by atoms with E-state index in [2.05, 4.69) is 10.6 Å². The number of nitrogens with zero attached hydrogens (tertiary/aromatic N) is 1. The smallest absolute Gasteiger partial charge is 0.253 e. The summed E-state index contributed by atoms with van der Waals surface area (Å²) in [5.41, 5.74) is 3.30. The molecule has 0 saturated carbocycles. The Hall–Kier alpha value is -2.14. The number of nitrogens with one attached hydrogen (secondary N) is 2. The molecular formula is C17H22FN3O. The number of carbonyl (C=O) groups is 1. The lowest BCUT2D eigenvalue weighted by atomic mass is 10.2. The van der Waals surface area contributed by atoms with E-state index < -0.39 is 0 Å². The Morgan fingerprint density at radius 3 is 2.50 bits per heavy atom. The summed E-state index contributed by atoms with van der Waals surface area (Å²) in [6, 6.07) is 8.13. The number of rotatable bonds is 6. The number of halogens is 1. The van der Waals surface area contributed by atoms with Crippen LogP contribution in [0.15, 0.2) is 30.3 Å². The number of carbonyl (C=O) groups excluding carboxylic acids is 1. The van der Waals surface area contributed by atoms with Crippen LogP contribution in [0.5, 0.6) is 0 Å². The zero-order valence-corrected chi connectivity index (χ0v) is 13.2. The molecule has 0 aliphatic rings. The average molecular weight is 303 g/mol. The standard InChI is InChI=1S/C17H22FN3O/c1-4-19-9-10-20-17(22)16-11-12(2)21(13(16)3)15-7-5-14(18)6-8-15/h5-8,11,19H,4,9-10H2,1-3H3,(H,20,22). The highest BCUT2D eigenvalue weighted by Crippen LogP contribution is 2.21. The molecule has 0 aliphatic heterocycles. The van der Waals surface area contributed by atoms with Crippen LogP contribution < -0.4 is 10.6 Å². The van der Waals surface area contributed by atoms with Gasteiger partial charge in [0.1, 0.15) is 5.82 Å². The summed E-state index contributed by atoms with van der Waals surface area (Å²) in [7, 11) is 0. The highest BCUT2D eigenvalue weighted by atomic mass is 19.1. The maximum absolute atomic E-state index is 13.1. The van der Waals surface area contributed by atoms with Crippen LogP contribution in [0.4, 0.5) is 4.39 Å². The molecule has 2 aromatic rings. The van der Waals surface area contributed by atoms with Gasteiger partial charge in [0.25, 0.3) is 5.91 Å². The van der Waals surface area contributed by atoms with Crippen molar-refractivity contribution in [2.75, 3.05) is 19.6 Å². The van der Waals surface area contributed by atoms with Crippen LogP contribution >= 0.6 is 0 Å². The van der Waals surface area contributed by atoms with Crippen LogP contribution in [0.25, 0.3) is 5.69 Å². The molecule has 0 aliphatic carbocycles. The lowest BCUT2D eigenvalue weighted by Crippen LogP contribution is -2.31. The second kappa shape index (κ2) is 7.22. The molecule has 0 radical (unpaired) electrons. The van der Waals surface area contributed by atoms with Gasteiger partial charge < -0.3 is 15.2 Å². The van der Waals surface area contributed by atoms with Crippen molar-refractivity contribution in [3.63, 3.8) is 0 Å². The first-order chi connectivity index (χ1) is 10.5. The Balaban J connectivity index is 2.19. The van der Waals surface area contributed by atoms with Gasteiger partial charge in [-0.3, -0.25) is 4.79 Å². The summed E-state index contributed by atoms with van der Waals surface area (Å²) in [6.45, 7) is 8.08. The summed E-state index contributed by atoms with van der Waals surface area (Å²) in [5.74, 6) is -0.355. The zero-order valence-electron chi connectivity index (χ0n) is 13.2. The number of amides is 1. The van der Waals surface area contributed by atoms with Crippen LogP contribution in [0.1, 0.15) is 28.7 Å². The van der Waals surface area contributed by atoms with E-state index >= 15 is 0 Å². The van der Waals surface area contributed by atoms with E-state index in [0.29, 0.717) is 12.1 Å². The minimum atomic E-state index is -0.271. The summed E-state index contributed by atoms with van der Waals surface area (Å²) in [5, 5.41) is 6.06. The quantitative estimate of drug-likeness (QED) is 0.806. The number of hydrogen-bond donors (Lipinski definition) is 2. The van der Waals surface area contributed by atoms with Gasteiger partial charge in [0.2, 0.25) is 0 Å². The van der Waals surface area contributed by atoms with Crippen LogP contribution in [-0.2, 0) is 0 Å². The van der Waals surface area contributed by atoms with Gasteiger partial charge in [-0.05, 0) is 50.7 Å². The molecule has 5 heteroatoms. The number of aromatic nitrogens is 1. The van der Waals surface area contributed by atoms with Gasteiger partial charge in [0.05, 0.1) is 5.56 Å². The van der Waals surface area contributed by atoms with Crippen LogP contribution in [-0.4, -0.2) is 30.1 Å². The maximum atomic E-state index is 13.1. The Morgan fingerprint density at radius 2 is 1.86 bits per heavy atom. The first-order valence-electron chi connectivity index (χ1n) is 7.48. The molecule has 0 spiro atoms. The fraction of sp³-hybridized carbons (Fsp3) is 0.353. The van der Waals surface area contributed by atoms with Crippen molar-refractivity contribution in [2.45, 2.75) is 20.8 Å². The van der Waals surface area contributed by atoms with Crippen molar-refractivity contribution < 1.29 is 9.18 Å². The van der Waals surface area contributed by atoms with E-state index in [0.717, 1.165) is 30.2 Å². The van der Waals surface area contributed by atoms with Crippen molar-refractivity contribution >= 4 is 5.91 Å². The van der Waals surface area contributed by atoms with Gasteiger partial charge in [0.15, 0.2) is 0 Å². The predicted molar refractivity (Wildman–Crippen MR) is 86.1 cm³/mol. The highest BCUT2D eigenvalue weighted by Gasteiger charge is 2.16. The lowest BCUT2D eigenvalue weighted by Gasteiger charge is -2.10. The molecule has 0 saturated heterocycles. The fourth-order valence-corrected chi connectivity index (χ4v) is 2.52. The minimum absolute atomic E-state index is 0.0839. The second-order valence-electron chi connectivity index (χ2n) is 5.21. The molecule has 0 unspecified atom stereocenters. The molecule has 1 heterocycles. The third kappa shape index (κ3) is 3.54. The monoisotopic (exact) mass is 303 g/mol. The van der Waals surface area contributed by atoms with Crippen molar-refractivity contribution in [2.24, 2.45) is 0 Å². The highest BCUT2D eigenvalue weighted by molar-refractivity contribution is 5.95. The summed E-state index contributed by atoms with van der Waals surface area (Å²) >= 11 is 0. The molecule has 4 nitrogen and oxygen atoms in total. The normalized spacial score (nSPS) is 10.7. The summed E-state index contributed by atoms with van der Waals surface area (Å²) < 4.78 is 15.0. The molecule has 1 aromatic heterocycles. The van der Waals surface area contributed by atoms with Crippen LogP contribution in [0.3, 0.4) is 0 Å². The molecule has 0 bridgehead atoms. The maximum Gasteiger partial charge on any atom is 0.253 e. The predicted octanol–water partition coefficient (Wildman–Crippen LogP) is 2.57. The third-order valence-electron chi connectivity index (χ3n) is 3.60. The van der Waals surface area contributed by atoms with Crippen molar-refractivity contribution in [3.05, 3.63) is 53.1 Å². The largest absolute Gasteiger partial charge is 0.351 e. The minimum Gasteiger partial charge on any atom is -0.351 e. The van der Waals surface area contributed by atoms with Gasteiger partial charge in [-0.2, -0.15) is 0 Å². The van der Waals surface area contributed by atoms with Gasteiger partial charge in [-0.15, -0.1) is 0 Å². The molecular weight excluding hydrogens is 281 g/mol. The molecule has 1 amide bonds. The van der Waals surface area contributed by atoms with Gasteiger partial charge in [-0.25, -0.2) is 4.39 Å². The number of likely N-dealkylation sites (N-methyl/N-ethyl adjacent to an activating group) is 1. The zero-order chi connectivity index (χ0) is 16.1. The fourth-order valence-electron chi connectivity index (χ4n) is 2.52. The molecule has 22 heavy (non-hydrogen) atoms. The average Bonchev–Trinajstić information content (AvgIpc) is 2.80. The van der Waals surface area contributed by atoms with E-state index in [1.807, 2.05) is 31.4 Å². The third-order valence-corrected chi connectivity index (χ3v) is 3.60. The number of benzene rings is 1. The number of hydrogen-bond acceptors (Lipinski definition) is 2. The Bertz CT molecular complexity index is 647. The Labute approximate surface area is 130 Å². The molecule has 2 rings (SSSR count). The molecule has 0 fully saturated rings. The molecule has 0 atom stereocenters. The first kappa shape index (κ1) is 16.2. The molecule has 2 N–H and O–H groups in total. The van der Waals surface area contributed by atoms with Crippen LogP contribution in [0.2, 0.25) is 0 Å². The van der Waals surface area contributed by atoms with E-state index in [1.54, 1.807) is 12.1 Å². The van der Waals surface area contributed by atoms with Crippen molar-refractivity contribution in [3.8, 4) is 5.69 Å². The molecule has 1 aromatic carbocycles. The van der Waals surface area contributed by atoms with E-state index in [4.69, 9.17) is 0 Å². The van der Waals surface area contributed by atoms with Crippen LogP contribution in [0, 0.1) is 19.7 Å². The summed E-state index contributed by atoms with van der Waals surface area (Å²) in [4.78, 5) is 12.3. The van der Waals surface area contributed by atoms with Gasteiger partial charge in [0, 0.05) is 30.2 Å². The Kier molecular flexibility index (Phi) is 5.33. The topological polar surface area (TPSA) is 46.1 Å². The molecule has 118 valence electrons.